The van der Waals surface area contributed by atoms with Gasteiger partial charge in [-0.1, -0.05) is 197 Å². The molecule has 706 valence electrons. The van der Waals surface area contributed by atoms with Crippen molar-refractivity contribution in [3.05, 3.63) is 239 Å². The van der Waals surface area contributed by atoms with Crippen LogP contribution >= 0.6 is 11.8 Å². The number of benzene rings is 7. The van der Waals surface area contributed by atoms with Crippen molar-refractivity contribution < 1.29 is 92.0 Å². The third-order valence-electron chi connectivity index (χ3n) is 22.7. The zero-order chi connectivity index (χ0) is 96.5. The highest BCUT2D eigenvalue weighted by molar-refractivity contribution is 8.00. The highest BCUT2D eigenvalue weighted by Gasteiger charge is 2.42. The second kappa shape index (κ2) is 50.1. The number of nitrogens with two attached hydrogens (primary N) is 1. The number of para-hydroxylation sites is 1. The number of hydrogen-bond acceptors (Lipinski definition) is 19. The fourth-order valence-corrected chi connectivity index (χ4v) is 16.4. The number of nitrogens with zero attached hydrogens (tertiary/aromatic N) is 5. The molecule has 15 amide bonds. The Labute approximate surface area is 775 Å². The van der Waals surface area contributed by atoms with Crippen LogP contribution in [0.5, 0.6) is 11.5 Å². The van der Waals surface area contributed by atoms with E-state index in [0.717, 1.165) is 26.5 Å². The number of rotatable bonds is 24. The van der Waals surface area contributed by atoms with Gasteiger partial charge >= 0.3 is 5.97 Å². The number of carboxylic acid groups (broad SMARTS) is 1. The van der Waals surface area contributed by atoms with Gasteiger partial charge in [-0.3, -0.25) is 76.7 Å². The molecule has 0 bridgehead atoms. The number of aromatic hydroxyl groups is 2. The number of likely N-dealkylation sites (N-methyl/N-ethyl adjacent to an activating group) is 5. The van der Waals surface area contributed by atoms with Crippen molar-refractivity contribution in [2.45, 2.75) is 164 Å². The Morgan fingerprint density at radius 2 is 0.827 bits per heavy atom. The second-order valence-corrected chi connectivity index (χ2v) is 34.6. The van der Waals surface area contributed by atoms with Gasteiger partial charge in [0.25, 0.3) is 0 Å². The van der Waals surface area contributed by atoms with E-state index in [9.17, 15) is 53.7 Å². The number of aromatic nitrogens is 1. The number of hydrogen-bond donors (Lipinski definition) is 14. The molecule has 7 aromatic carbocycles. The number of phenols is 2. The fourth-order valence-electron chi connectivity index (χ4n) is 15.5. The topological polar surface area (TPSA) is 500 Å². The molecule has 9 rings (SSSR count). The average molecular weight is 1840 g/mol. The van der Waals surface area contributed by atoms with Gasteiger partial charge in [0.2, 0.25) is 88.6 Å². The quantitative estimate of drug-likeness (QED) is 0.0413. The van der Waals surface area contributed by atoms with Crippen LogP contribution in [-0.2, 0) is 122 Å². The minimum atomic E-state index is -1.94. The van der Waals surface area contributed by atoms with Gasteiger partial charge in [-0.25, -0.2) is 0 Å². The standard InChI is InChI=1S/C97H118N16O19S/c1-9-10-35-79-96(131)110(5)56-84(118)102-74(52-86(120)121)91(126)106-77(47-61-27-17-12-18-28-61)95(130)112(7)80(49-62-29-19-13-20-30-62)92(127)107-75(48-65-38-42-68(115)43-39-65)93(128)109(4)55-83(117)101-73(51-66-53-99-70-34-24-23-33-69(66)70)90(125)105-72(45-64-36-40-67(114)41-37-64)89(124)104-71(44-59(2)3)88(123)108-78(87(122)100-54-82(98)116)57-133-58-85(119)103-76(46-60-25-15-11-16-26-60)94(129)113(8)81(97(132)111(79)6)50-63-31-21-14-22-32-63/h11-34,36-43,53,59,71-81,99,114-115H,9-10,35,44-52,54-58H2,1-8H3,(H2,98,116)(H,100,122)(H,101,117)(H,102,118)(H,103,119)(H,104,124)(H,105,125)(H,106,126)(H,107,127)(H,108,123)(H,120,121)/t71-,72-,73-,74-,75-,76-,77-,78-,79-,80-,81-/m0/s1. The van der Waals surface area contributed by atoms with E-state index in [1.54, 1.807) is 166 Å². The van der Waals surface area contributed by atoms with E-state index in [2.05, 4.69) is 52.8 Å². The van der Waals surface area contributed by atoms with Gasteiger partial charge in [-0.05, 0) is 88.0 Å². The Hall–Kier alpha value is -14.5. The number of nitrogens with one attached hydrogen (secondary N) is 10. The highest BCUT2D eigenvalue weighted by atomic mass is 32.2. The van der Waals surface area contributed by atoms with Crippen LogP contribution < -0.4 is 53.6 Å². The number of unbranched alkanes of at least 4 members (excludes halogenated alkanes) is 1. The SMILES string of the molecule is CCCC[C@H]1C(=O)N(C)CC(=O)N[C@@H](CC(=O)O)C(=O)N[C@@H](Cc2ccccc2)C(=O)N(C)[C@@H](Cc2ccccc2)C(=O)N[C@@H](Cc2ccc(O)cc2)C(=O)N(C)CC(=O)N[C@@H](Cc2c[nH]c3ccccc23)C(=O)N[C@@H](Cc2ccc(O)cc2)C(=O)N[C@@H](CC(C)C)C(=O)N[C@H](C(=O)NCC(N)=O)CSCC(=O)N[C@@H](Cc2ccccc2)C(=O)N(C)[C@@H](Cc2ccccc2)C(=O)N1C. The molecule has 0 spiro atoms. The maximum Gasteiger partial charge on any atom is 0.305 e. The van der Waals surface area contributed by atoms with E-state index in [0.29, 0.717) is 62.7 Å². The highest BCUT2D eigenvalue weighted by Crippen LogP contribution is 2.25. The summed E-state index contributed by atoms with van der Waals surface area (Å²) in [5.74, 6) is -16.8. The Morgan fingerprint density at radius 1 is 0.429 bits per heavy atom. The lowest BCUT2D eigenvalue weighted by Gasteiger charge is -2.37. The third kappa shape index (κ3) is 31.1. The van der Waals surface area contributed by atoms with Crippen LogP contribution in [0.25, 0.3) is 10.9 Å². The maximum atomic E-state index is 15.6. The van der Waals surface area contributed by atoms with Crippen molar-refractivity contribution in [3.63, 3.8) is 0 Å². The van der Waals surface area contributed by atoms with Gasteiger partial charge in [0, 0.05) is 103 Å². The summed E-state index contributed by atoms with van der Waals surface area (Å²) in [6, 6.07) is 35.4. The monoisotopic (exact) mass is 1840 g/mol. The summed E-state index contributed by atoms with van der Waals surface area (Å²) in [7, 11) is 6.54. The molecular weight excluding hydrogens is 1730 g/mol. The number of aliphatic carboxylic acids is 1. The van der Waals surface area contributed by atoms with Crippen LogP contribution in [0, 0.1) is 5.92 Å². The van der Waals surface area contributed by atoms with Gasteiger partial charge in [0.05, 0.1) is 31.8 Å². The van der Waals surface area contributed by atoms with E-state index >= 15 is 38.4 Å². The summed E-state index contributed by atoms with van der Waals surface area (Å²) in [6.07, 6.45) is -0.288. The Kier molecular flexibility index (Phi) is 38.5. The molecule has 1 aliphatic heterocycles. The van der Waals surface area contributed by atoms with E-state index in [-0.39, 0.29) is 81.0 Å². The number of primary amides is 1. The number of fused-ring (bicyclic) bond motifs is 1. The number of aromatic amines is 1. The van der Waals surface area contributed by atoms with Crippen molar-refractivity contribution in [1.82, 2.24) is 77.3 Å². The number of phenolic OH excluding ortho intramolecular Hbond substituents is 2. The van der Waals surface area contributed by atoms with E-state index in [1.165, 1.54) is 93.6 Å². The second-order valence-electron chi connectivity index (χ2n) is 33.6. The molecule has 11 atom stereocenters. The molecule has 2 heterocycles. The molecule has 35 nitrogen and oxygen atoms in total. The molecule has 0 radical (unpaired) electrons. The summed E-state index contributed by atoms with van der Waals surface area (Å²) in [6.45, 7) is 3.02. The molecule has 1 saturated heterocycles. The van der Waals surface area contributed by atoms with Gasteiger partial charge in [0.1, 0.15) is 78.0 Å². The van der Waals surface area contributed by atoms with Crippen LogP contribution in [-0.4, -0.2) is 272 Å². The lowest BCUT2D eigenvalue weighted by Crippen LogP contribution is -2.60. The van der Waals surface area contributed by atoms with Crippen LogP contribution in [0.1, 0.15) is 91.8 Å². The number of thioether (sulfide) groups is 1. The molecule has 133 heavy (non-hydrogen) atoms. The zero-order valence-electron chi connectivity index (χ0n) is 75.6. The molecule has 1 fully saturated rings. The smallest absolute Gasteiger partial charge is 0.305 e. The summed E-state index contributed by atoms with van der Waals surface area (Å²) in [4.78, 5) is 245. The van der Waals surface area contributed by atoms with Crippen LogP contribution in [0.15, 0.2) is 200 Å². The van der Waals surface area contributed by atoms with E-state index in [1.807, 2.05) is 6.92 Å². The first kappa shape index (κ1) is 102. The normalized spacial score (nSPS) is 21.5. The first-order valence-electron chi connectivity index (χ1n) is 43.8. The molecule has 1 aliphatic rings. The minimum absolute atomic E-state index is 0.0222. The first-order valence-corrected chi connectivity index (χ1v) is 45.0. The van der Waals surface area contributed by atoms with Crippen molar-refractivity contribution in [3.8, 4) is 11.5 Å². The van der Waals surface area contributed by atoms with Crippen LogP contribution in [0.3, 0.4) is 0 Å². The molecule has 36 heteroatoms. The molecule has 0 saturated carbocycles. The number of carboxylic acids is 1. The lowest BCUT2D eigenvalue weighted by molar-refractivity contribution is -0.151. The molecule has 1 aromatic heterocycles. The van der Waals surface area contributed by atoms with E-state index < -0.39 is 193 Å². The first-order chi connectivity index (χ1) is 63.5. The van der Waals surface area contributed by atoms with Crippen LogP contribution in [0.2, 0.25) is 0 Å². The molecule has 8 aromatic rings. The largest absolute Gasteiger partial charge is 0.508 e. The average Bonchev–Trinajstić information content (AvgIpc) is 1.80. The number of amides is 15. The van der Waals surface area contributed by atoms with E-state index in [4.69, 9.17) is 5.73 Å². The Bertz CT molecular complexity index is 5370. The van der Waals surface area contributed by atoms with Gasteiger partial charge in [0.15, 0.2) is 0 Å². The Morgan fingerprint density at radius 3 is 1.34 bits per heavy atom. The summed E-state index contributed by atoms with van der Waals surface area (Å²) < 4.78 is 0. The maximum absolute atomic E-state index is 15.6. The molecule has 15 N–H and O–H groups in total. The Balaban J connectivity index is 1.13. The minimum Gasteiger partial charge on any atom is -0.508 e. The van der Waals surface area contributed by atoms with Crippen LogP contribution in [0.4, 0.5) is 0 Å². The summed E-state index contributed by atoms with van der Waals surface area (Å²) in [5.41, 5.74) is 9.57. The van der Waals surface area contributed by atoms with Crippen molar-refractivity contribution in [2.75, 3.05) is 66.4 Å². The fraction of sp³-hybridized carbons (Fsp3) is 0.381. The molecule has 0 aliphatic carbocycles. The van der Waals surface area contributed by atoms with Crippen molar-refractivity contribution in [1.29, 1.82) is 0 Å². The zero-order valence-corrected chi connectivity index (χ0v) is 76.4. The molecular formula is C97H118N16O19S. The number of carbonyl (C=O) groups excluding carboxylic acids is 15. The van der Waals surface area contributed by atoms with Crippen molar-refractivity contribution in [2.24, 2.45) is 11.7 Å². The predicted octanol–water partition coefficient (Wildman–Crippen LogP) is 2.91. The van der Waals surface area contributed by atoms with Gasteiger partial charge in [-0.15, -0.1) is 11.8 Å². The summed E-state index contributed by atoms with van der Waals surface area (Å²) in [5, 5.41) is 55.9. The molecule has 0 unspecified atom stereocenters. The lowest BCUT2D eigenvalue weighted by atomic mass is 9.99. The summed E-state index contributed by atoms with van der Waals surface area (Å²) >= 11 is 0.828. The van der Waals surface area contributed by atoms with Gasteiger partial charge < -0.3 is 98.4 Å². The van der Waals surface area contributed by atoms with Crippen molar-refractivity contribution >= 4 is 117 Å². The number of carbonyl (C=O) groups is 16. The third-order valence-corrected chi connectivity index (χ3v) is 23.8. The predicted molar refractivity (Wildman–Crippen MR) is 497 cm³/mol. The number of H-pyrrole nitrogens is 1. The van der Waals surface area contributed by atoms with Gasteiger partial charge in [-0.2, -0.15) is 0 Å².